The van der Waals surface area contributed by atoms with Gasteiger partial charge in [-0.2, -0.15) is 5.26 Å². The third-order valence-electron chi connectivity index (χ3n) is 5.90. The number of aromatic nitrogens is 5. The van der Waals surface area contributed by atoms with Crippen LogP contribution in [0.15, 0.2) is 65.6 Å². The normalized spacial score (nSPS) is 15.0. The molecule has 0 spiro atoms. The van der Waals surface area contributed by atoms with Gasteiger partial charge >= 0.3 is 0 Å². The second-order valence-corrected chi connectivity index (χ2v) is 9.21. The van der Waals surface area contributed by atoms with Gasteiger partial charge < -0.3 is 5.11 Å². The molecule has 1 aliphatic rings. The molecule has 168 valence electrons. The molecule has 8 nitrogen and oxygen atoms in total. The van der Waals surface area contributed by atoms with Crippen LogP contribution in [0.25, 0.3) is 28.4 Å². The summed E-state index contributed by atoms with van der Waals surface area (Å²) >= 11 is 7.65. The molecule has 5 aromatic rings. The molecule has 1 aliphatic heterocycles. The maximum atomic E-state index is 13.6. The lowest BCUT2D eigenvalue weighted by Gasteiger charge is -2.23. The van der Waals surface area contributed by atoms with Gasteiger partial charge in [0.05, 0.1) is 22.1 Å². The first-order chi connectivity index (χ1) is 17.1. The number of pyridine rings is 1. The van der Waals surface area contributed by atoms with Gasteiger partial charge in [-0.15, -0.1) is 21.5 Å². The minimum Gasteiger partial charge on any atom is -0.506 e. The van der Waals surface area contributed by atoms with Crippen LogP contribution in [-0.2, 0) is 0 Å². The van der Waals surface area contributed by atoms with Crippen molar-refractivity contribution >= 4 is 45.5 Å². The van der Waals surface area contributed by atoms with Gasteiger partial charge in [0.25, 0.3) is 5.56 Å². The number of phenols is 1. The van der Waals surface area contributed by atoms with E-state index in [2.05, 4.69) is 26.5 Å². The minimum atomic E-state index is -0.545. The number of hydrogen-bond acceptors (Lipinski definition) is 8. The summed E-state index contributed by atoms with van der Waals surface area (Å²) < 4.78 is 2.23. The number of benzene rings is 2. The smallest absolute Gasteiger partial charge is 0.274 e. The first kappa shape index (κ1) is 21.2. The third-order valence-corrected chi connectivity index (χ3v) is 7.29. The van der Waals surface area contributed by atoms with E-state index >= 15 is 0 Å². The fourth-order valence-electron chi connectivity index (χ4n) is 4.38. The second-order valence-electron chi connectivity index (χ2n) is 7.82. The number of hydrogen-bond donors (Lipinski definition) is 1. The summed E-state index contributed by atoms with van der Waals surface area (Å²) in [6, 6.07) is 18.6. The summed E-state index contributed by atoms with van der Waals surface area (Å²) in [5.74, 6) is -0.237. The van der Waals surface area contributed by atoms with Gasteiger partial charge in [0.2, 0.25) is 0 Å². The SMILES string of the molecule is N#CC1=c2s/c(=C/c3ccc(O)c4ncccc34)c(=O)n2-c2nnnc(Cl)c2C1c1ccccc1. The number of thiazole rings is 1. The summed E-state index contributed by atoms with van der Waals surface area (Å²) in [5.41, 5.74) is 2.45. The van der Waals surface area contributed by atoms with Gasteiger partial charge in [0, 0.05) is 17.1 Å². The molecule has 0 saturated heterocycles. The van der Waals surface area contributed by atoms with Crippen LogP contribution in [-0.4, -0.2) is 30.1 Å². The molecular formula is C25H13ClN6O2S. The summed E-state index contributed by atoms with van der Waals surface area (Å²) in [5, 5.41) is 32.9. The largest absolute Gasteiger partial charge is 0.506 e. The van der Waals surface area contributed by atoms with Gasteiger partial charge in [-0.25, -0.2) is 4.57 Å². The standard InChI is InChI=1S/C25H13ClN6O2S/c26-22-20-19(13-5-2-1-3-6-13)16(12-27)25-32(23(20)30-31-29-22)24(34)18(35-25)11-14-8-9-17(33)21-15(14)7-4-10-28-21/h1-11,19,33H/b18-11+. The molecule has 10 heteroatoms. The highest BCUT2D eigenvalue weighted by atomic mass is 35.5. The zero-order chi connectivity index (χ0) is 24.1. The van der Waals surface area contributed by atoms with Gasteiger partial charge in [0.1, 0.15) is 15.9 Å². The molecule has 4 heterocycles. The Balaban J connectivity index is 1.71. The zero-order valence-corrected chi connectivity index (χ0v) is 19.3. The molecule has 35 heavy (non-hydrogen) atoms. The average Bonchev–Trinajstić information content (AvgIpc) is 3.21. The molecule has 0 amide bonds. The van der Waals surface area contributed by atoms with Crippen LogP contribution in [0, 0.1) is 11.3 Å². The van der Waals surface area contributed by atoms with E-state index in [1.165, 1.54) is 22.0 Å². The quantitative estimate of drug-likeness (QED) is 0.399. The molecule has 0 saturated carbocycles. The Kier molecular flexibility index (Phi) is 4.91. The van der Waals surface area contributed by atoms with E-state index in [0.29, 0.717) is 36.8 Å². The first-order valence-corrected chi connectivity index (χ1v) is 11.7. The lowest BCUT2D eigenvalue weighted by molar-refractivity contribution is 0.480. The van der Waals surface area contributed by atoms with Gasteiger partial charge in [-0.05, 0) is 34.5 Å². The molecule has 6 rings (SSSR count). The van der Waals surface area contributed by atoms with Crippen molar-refractivity contribution in [3.05, 3.63) is 102 Å². The van der Waals surface area contributed by atoms with Crippen molar-refractivity contribution in [1.82, 2.24) is 25.0 Å². The molecule has 0 fully saturated rings. The minimum absolute atomic E-state index is 0.0529. The van der Waals surface area contributed by atoms with E-state index in [1.807, 2.05) is 36.4 Å². The molecule has 1 unspecified atom stereocenters. The second kappa shape index (κ2) is 8.13. The summed E-state index contributed by atoms with van der Waals surface area (Å²) in [6.45, 7) is 0. The molecule has 1 atom stereocenters. The molecular weight excluding hydrogens is 484 g/mol. The predicted octanol–water partition coefficient (Wildman–Crippen LogP) is 2.64. The van der Waals surface area contributed by atoms with Gasteiger partial charge in [-0.1, -0.05) is 54.1 Å². The van der Waals surface area contributed by atoms with E-state index in [1.54, 1.807) is 24.4 Å². The maximum absolute atomic E-state index is 13.6. The number of aromatic hydroxyl groups is 1. The molecule has 0 bridgehead atoms. The Labute approximate surface area is 206 Å². The summed E-state index contributed by atoms with van der Waals surface area (Å²) in [6.07, 6.45) is 3.32. The number of nitriles is 1. The fraction of sp³-hybridized carbons (Fsp3) is 0.0400. The highest BCUT2D eigenvalue weighted by molar-refractivity contribution is 7.07. The lowest BCUT2D eigenvalue weighted by Crippen LogP contribution is -2.36. The Hall–Kier alpha value is -4.39. The highest BCUT2D eigenvalue weighted by Gasteiger charge is 2.34. The Morgan fingerprint density at radius 1 is 1.11 bits per heavy atom. The predicted molar refractivity (Wildman–Crippen MR) is 132 cm³/mol. The van der Waals surface area contributed by atoms with E-state index in [-0.39, 0.29) is 22.3 Å². The monoisotopic (exact) mass is 496 g/mol. The van der Waals surface area contributed by atoms with Crippen LogP contribution in [0.5, 0.6) is 5.75 Å². The van der Waals surface area contributed by atoms with Crippen molar-refractivity contribution in [2.45, 2.75) is 5.92 Å². The van der Waals surface area contributed by atoms with Gasteiger partial charge in [0.15, 0.2) is 11.0 Å². The Morgan fingerprint density at radius 3 is 2.74 bits per heavy atom. The Morgan fingerprint density at radius 2 is 1.94 bits per heavy atom. The lowest BCUT2D eigenvalue weighted by atomic mass is 9.85. The summed E-state index contributed by atoms with van der Waals surface area (Å²) in [4.78, 5) is 17.9. The van der Waals surface area contributed by atoms with Crippen molar-refractivity contribution in [1.29, 1.82) is 5.26 Å². The van der Waals surface area contributed by atoms with Crippen molar-refractivity contribution in [3.8, 4) is 17.6 Å². The first-order valence-electron chi connectivity index (χ1n) is 10.5. The topological polar surface area (TPSA) is 118 Å². The summed E-state index contributed by atoms with van der Waals surface area (Å²) in [7, 11) is 0. The average molecular weight is 497 g/mol. The van der Waals surface area contributed by atoms with Crippen LogP contribution in [0.2, 0.25) is 5.15 Å². The fourth-order valence-corrected chi connectivity index (χ4v) is 5.71. The van der Waals surface area contributed by atoms with E-state index in [4.69, 9.17) is 11.6 Å². The van der Waals surface area contributed by atoms with Crippen LogP contribution < -0.4 is 14.8 Å². The van der Waals surface area contributed by atoms with Crippen LogP contribution in [0.3, 0.4) is 0 Å². The zero-order valence-electron chi connectivity index (χ0n) is 17.8. The molecule has 2 aromatic carbocycles. The number of nitrogens with zero attached hydrogens (tertiary/aromatic N) is 6. The molecule has 0 aliphatic carbocycles. The van der Waals surface area contributed by atoms with Crippen LogP contribution >= 0.6 is 22.9 Å². The van der Waals surface area contributed by atoms with E-state index < -0.39 is 5.92 Å². The van der Waals surface area contributed by atoms with Crippen LogP contribution in [0.1, 0.15) is 22.6 Å². The van der Waals surface area contributed by atoms with Gasteiger partial charge in [-0.3, -0.25) is 9.78 Å². The third kappa shape index (κ3) is 3.23. The Bertz CT molecular complexity index is 1870. The van der Waals surface area contributed by atoms with Crippen molar-refractivity contribution < 1.29 is 5.11 Å². The number of halogens is 1. The number of fused-ring (bicyclic) bond motifs is 4. The number of phenolic OH excluding ortho intramolecular Hbond substituents is 1. The molecule has 1 N–H and O–H groups in total. The van der Waals surface area contributed by atoms with Crippen molar-refractivity contribution in [3.63, 3.8) is 0 Å². The molecule has 3 aromatic heterocycles. The van der Waals surface area contributed by atoms with Crippen molar-refractivity contribution in [2.24, 2.45) is 0 Å². The van der Waals surface area contributed by atoms with Crippen molar-refractivity contribution in [2.75, 3.05) is 0 Å². The van der Waals surface area contributed by atoms with E-state index in [0.717, 1.165) is 5.56 Å². The maximum Gasteiger partial charge on any atom is 0.274 e. The highest BCUT2D eigenvalue weighted by Crippen LogP contribution is 2.39. The number of rotatable bonds is 2. The van der Waals surface area contributed by atoms with E-state index in [9.17, 15) is 15.2 Å². The van der Waals surface area contributed by atoms with Crippen LogP contribution in [0.4, 0.5) is 0 Å². The molecule has 0 radical (unpaired) electrons.